The normalized spacial score (nSPS) is 14.7. The molecule has 0 spiro atoms. The third kappa shape index (κ3) is 3.38. The van der Waals surface area contributed by atoms with Crippen molar-refractivity contribution < 1.29 is 4.79 Å². The van der Waals surface area contributed by atoms with Crippen LogP contribution in [0.3, 0.4) is 0 Å². The fourth-order valence-electron chi connectivity index (χ4n) is 3.93. The first-order valence-electron chi connectivity index (χ1n) is 9.44. The Labute approximate surface area is 159 Å². The maximum atomic E-state index is 12.0. The predicted molar refractivity (Wildman–Crippen MR) is 109 cm³/mol. The Bertz CT molecular complexity index is 979. The average Bonchev–Trinajstić information content (AvgIpc) is 3.20. The first-order valence-corrected chi connectivity index (χ1v) is 9.44. The highest BCUT2D eigenvalue weighted by molar-refractivity contribution is 6.07. The van der Waals surface area contributed by atoms with Crippen molar-refractivity contribution in [3.63, 3.8) is 0 Å². The van der Waals surface area contributed by atoms with Crippen LogP contribution in [0.4, 0.5) is 5.69 Å². The number of rotatable bonds is 5. The minimum atomic E-state index is -0.470. The molecule has 3 aromatic rings. The van der Waals surface area contributed by atoms with Gasteiger partial charge in [0.1, 0.15) is 0 Å². The second-order valence-corrected chi connectivity index (χ2v) is 7.08. The van der Waals surface area contributed by atoms with Crippen molar-refractivity contribution in [1.29, 1.82) is 0 Å². The Kier molecular flexibility index (Phi) is 4.77. The van der Waals surface area contributed by atoms with Crippen LogP contribution in [0.5, 0.6) is 0 Å². The number of amides is 1. The lowest BCUT2D eigenvalue weighted by Crippen LogP contribution is -2.22. The number of hydrogen-bond donors (Lipinski definition) is 2. The largest absolute Gasteiger partial charge is 0.397 e. The van der Waals surface area contributed by atoms with Gasteiger partial charge in [0.2, 0.25) is 0 Å². The van der Waals surface area contributed by atoms with E-state index in [0.29, 0.717) is 22.5 Å². The lowest BCUT2D eigenvalue weighted by atomic mass is 9.97. The van der Waals surface area contributed by atoms with Gasteiger partial charge in [-0.1, -0.05) is 42.5 Å². The topological polar surface area (TPSA) is 85.2 Å². The maximum absolute atomic E-state index is 12.0. The monoisotopic (exact) mass is 360 g/mol. The Balaban J connectivity index is 1.88. The molecule has 4 N–H and O–H groups in total. The van der Waals surface area contributed by atoms with Crippen LogP contribution in [0, 0.1) is 0 Å². The summed E-state index contributed by atoms with van der Waals surface area (Å²) in [4.78, 5) is 19.2. The van der Waals surface area contributed by atoms with Gasteiger partial charge < -0.3 is 16.4 Å². The number of fused-ring (bicyclic) bond motifs is 1. The van der Waals surface area contributed by atoms with E-state index in [1.54, 1.807) is 6.07 Å². The molecule has 1 aliphatic heterocycles. The molecule has 1 saturated heterocycles. The van der Waals surface area contributed by atoms with Crippen LogP contribution in [-0.4, -0.2) is 35.4 Å². The van der Waals surface area contributed by atoms with E-state index < -0.39 is 5.91 Å². The molecule has 0 bridgehead atoms. The fourth-order valence-corrected chi connectivity index (χ4v) is 3.93. The third-order valence-corrected chi connectivity index (χ3v) is 5.35. The molecule has 0 saturated carbocycles. The number of likely N-dealkylation sites (tertiary alicyclic amines) is 1. The van der Waals surface area contributed by atoms with Gasteiger partial charge in [0.05, 0.1) is 22.5 Å². The Morgan fingerprint density at radius 1 is 1.04 bits per heavy atom. The van der Waals surface area contributed by atoms with E-state index in [-0.39, 0.29) is 0 Å². The molecule has 0 unspecified atom stereocenters. The summed E-state index contributed by atoms with van der Waals surface area (Å²) in [6.45, 7) is 3.24. The number of nitrogen functional groups attached to an aromatic ring is 1. The lowest BCUT2D eigenvalue weighted by Gasteiger charge is -2.19. The molecule has 1 aromatic heterocycles. The van der Waals surface area contributed by atoms with Crippen LogP contribution < -0.4 is 11.5 Å². The third-order valence-electron chi connectivity index (χ3n) is 5.35. The molecule has 0 atom stereocenters. The summed E-state index contributed by atoms with van der Waals surface area (Å²) < 4.78 is 0. The molecule has 138 valence electrons. The first kappa shape index (κ1) is 17.5. The second kappa shape index (κ2) is 7.37. The summed E-state index contributed by atoms with van der Waals surface area (Å²) in [5.41, 5.74) is 16.7. The maximum Gasteiger partial charge on any atom is 0.250 e. The molecule has 27 heavy (non-hydrogen) atoms. The minimum Gasteiger partial charge on any atom is -0.397 e. The van der Waals surface area contributed by atoms with Gasteiger partial charge in [0.25, 0.3) is 5.91 Å². The SMILES string of the molecule is NC(=O)c1cccc2c(CCN3CCCC3)c(N)c(-c3ccccc3)nc12. The number of hydrogen-bond acceptors (Lipinski definition) is 4. The summed E-state index contributed by atoms with van der Waals surface area (Å²) in [5, 5.41) is 0.919. The van der Waals surface area contributed by atoms with Crippen molar-refractivity contribution in [2.45, 2.75) is 19.3 Å². The molecule has 5 heteroatoms. The van der Waals surface area contributed by atoms with Crippen LogP contribution in [-0.2, 0) is 6.42 Å². The molecule has 1 fully saturated rings. The average molecular weight is 360 g/mol. The van der Waals surface area contributed by atoms with Gasteiger partial charge in [-0.2, -0.15) is 0 Å². The summed E-state index contributed by atoms with van der Waals surface area (Å²) >= 11 is 0. The summed E-state index contributed by atoms with van der Waals surface area (Å²) in [6, 6.07) is 15.4. The van der Waals surface area contributed by atoms with Gasteiger partial charge in [-0.25, -0.2) is 4.98 Å². The predicted octanol–water partition coefficient (Wildman–Crippen LogP) is 3.22. The molecular formula is C22H24N4O. The Morgan fingerprint density at radius 3 is 2.48 bits per heavy atom. The highest BCUT2D eigenvalue weighted by atomic mass is 16.1. The standard InChI is InChI=1S/C22H24N4O/c23-19-16(11-14-26-12-4-5-13-26)17-9-6-10-18(22(24)27)21(17)25-20(19)15-7-2-1-3-8-15/h1-3,6-10H,4-5,11-14,23H2,(H2,24,27). The molecular weight excluding hydrogens is 336 g/mol. The smallest absolute Gasteiger partial charge is 0.250 e. The number of nitrogens with two attached hydrogens (primary N) is 2. The lowest BCUT2D eigenvalue weighted by molar-refractivity contribution is 0.100. The first-order chi connectivity index (χ1) is 13.1. The van der Waals surface area contributed by atoms with Gasteiger partial charge in [-0.15, -0.1) is 0 Å². The van der Waals surface area contributed by atoms with Gasteiger partial charge in [-0.3, -0.25) is 4.79 Å². The molecule has 4 rings (SSSR count). The van der Waals surface area contributed by atoms with E-state index in [2.05, 4.69) is 4.90 Å². The number of pyridine rings is 1. The second-order valence-electron chi connectivity index (χ2n) is 7.08. The molecule has 1 amide bonds. The van der Waals surface area contributed by atoms with E-state index in [1.165, 1.54) is 12.8 Å². The molecule has 0 aliphatic carbocycles. The van der Waals surface area contributed by atoms with Crippen LogP contribution >= 0.6 is 0 Å². The van der Waals surface area contributed by atoms with E-state index in [0.717, 1.165) is 42.6 Å². The van der Waals surface area contributed by atoms with E-state index in [4.69, 9.17) is 16.5 Å². The quantitative estimate of drug-likeness (QED) is 0.731. The van der Waals surface area contributed by atoms with Gasteiger partial charge in [0, 0.05) is 17.5 Å². The van der Waals surface area contributed by atoms with Crippen LogP contribution in [0.2, 0.25) is 0 Å². The van der Waals surface area contributed by atoms with Gasteiger partial charge in [-0.05, 0) is 44.0 Å². The number of nitrogens with zero attached hydrogens (tertiary/aromatic N) is 2. The van der Waals surface area contributed by atoms with Crippen molar-refractivity contribution in [3.8, 4) is 11.3 Å². The number of anilines is 1. The van der Waals surface area contributed by atoms with Crippen molar-refractivity contribution in [2.24, 2.45) is 5.73 Å². The zero-order valence-electron chi connectivity index (χ0n) is 15.3. The molecule has 5 nitrogen and oxygen atoms in total. The minimum absolute atomic E-state index is 0.437. The highest BCUT2D eigenvalue weighted by Crippen LogP contribution is 2.34. The molecule has 0 radical (unpaired) electrons. The van der Waals surface area contributed by atoms with Gasteiger partial charge >= 0.3 is 0 Å². The highest BCUT2D eigenvalue weighted by Gasteiger charge is 2.19. The fraction of sp³-hybridized carbons (Fsp3) is 0.273. The van der Waals surface area contributed by atoms with Crippen LogP contribution in [0.1, 0.15) is 28.8 Å². The Morgan fingerprint density at radius 2 is 1.78 bits per heavy atom. The Hall–Kier alpha value is -2.92. The zero-order chi connectivity index (χ0) is 18.8. The number of benzene rings is 2. The summed E-state index contributed by atoms with van der Waals surface area (Å²) in [6.07, 6.45) is 3.34. The number of para-hydroxylation sites is 1. The van der Waals surface area contributed by atoms with Crippen molar-refractivity contribution in [1.82, 2.24) is 9.88 Å². The molecule has 1 aliphatic rings. The van der Waals surface area contributed by atoms with Crippen LogP contribution in [0.15, 0.2) is 48.5 Å². The van der Waals surface area contributed by atoms with Gasteiger partial charge in [0.15, 0.2) is 0 Å². The summed E-state index contributed by atoms with van der Waals surface area (Å²) in [7, 11) is 0. The van der Waals surface area contributed by atoms with Crippen molar-refractivity contribution in [2.75, 3.05) is 25.4 Å². The summed E-state index contributed by atoms with van der Waals surface area (Å²) in [5.74, 6) is -0.470. The zero-order valence-corrected chi connectivity index (χ0v) is 15.3. The molecule has 2 heterocycles. The van der Waals surface area contributed by atoms with E-state index in [1.807, 2.05) is 42.5 Å². The van der Waals surface area contributed by atoms with E-state index >= 15 is 0 Å². The van der Waals surface area contributed by atoms with E-state index in [9.17, 15) is 4.79 Å². The number of primary amides is 1. The van der Waals surface area contributed by atoms with Crippen LogP contribution in [0.25, 0.3) is 22.2 Å². The number of carbonyl (C=O) groups is 1. The number of carbonyl (C=O) groups excluding carboxylic acids is 1. The molecule has 2 aromatic carbocycles. The van der Waals surface area contributed by atoms with Crippen molar-refractivity contribution in [3.05, 3.63) is 59.7 Å². The van der Waals surface area contributed by atoms with Crippen molar-refractivity contribution >= 4 is 22.5 Å². The number of aromatic nitrogens is 1.